The highest BCUT2D eigenvalue weighted by atomic mass is 35.5. The van der Waals surface area contributed by atoms with Gasteiger partial charge in [0.25, 0.3) is 5.56 Å². The predicted molar refractivity (Wildman–Crippen MR) is 106 cm³/mol. The molecule has 4 rings (SSSR count). The minimum absolute atomic E-state index is 0.217. The van der Waals surface area contributed by atoms with Crippen LogP contribution in [-0.2, 0) is 0 Å². The molecule has 0 radical (unpaired) electrons. The largest absolute Gasteiger partial charge is 0.493 e. The number of aromatic nitrogens is 3. The van der Waals surface area contributed by atoms with Gasteiger partial charge in [0, 0.05) is 10.6 Å². The highest BCUT2D eigenvalue weighted by Gasteiger charge is 2.12. The highest BCUT2D eigenvalue weighted by Crippen LogP contribution is 2.27. The Morgan fingerprint density at radius 2 is 1.93 bits per heavy atom. The van der Waals surface area contributed by atoms with Crippen molar-refractivity contribution < 1.29 is 9.47 Å². The van der Waals surface area contributed by atoms with Crippen LogP contribution in [-0.4, -0.2) is 28.8 Å². The second kappa shape index (κ2) is 7.02. The number of rotatable bonds is 4. The summed E-state index contributed by atoms with van der Waals surface area (Å²) in [6, 6.07) is 12.7. The fourth-order valence-electron chi connectivity index (χ4n) is 2.68. The molecule has 0 amide bonds. The minimum atomic E-state index is -0.217. The van der Waals surface area contributed by atoms with E-state index in [-0.39, 0.29) is 5.56 Å². The Morgan fingerprint density at radius 3 is 2.63 bits per heavy atom. The van der Waals surface area contributed by atoms with Crippen molar-refractivity contribution in [3.8, 4) is 22.9 Å². The van der Waals surface area contributed by atoms with Gasteiger partial charge in [-0.1, -0.05) is 41.1 Å². The molecule has 0 spiro atoms. The number of hydrogen-bond acceptors (Lipinski definition) is 6. The Hall–Kier alpha value is -2.90. The van der Waals surface area contributed by atoms with E-state index in [9.17, 15) is 4.79 Å². The summed E-state index contributed by atoms with van der Waals surface area (Å²) in [6.07, 6.45) is 1.78. The van der Waals surface area contributed by atoms with Gasteiger partial charge in [-0.25, -0.2) is 0 Å². The fraction of sp³-hybridized carbons (Fsp3) is 0.105. The normalized spacial score (nSPS) is 11.9. The molecule has 0 aliphatic rings. The molecule has 0 unspecified atom stereocenters. The molecule has 6 nitrogen and oxygen atoms in total. The summed E-state index contributed by atoms with van der Waals surface area (Å²) in [5.74, 6) is 1.70. The summed E-state index contributed by atoms with van der Waals surface area (Å²) in [6.45, 7) is 0. The van der Waals surface area contributed by atoms with Gasteiger partial charge in [-0.05, 0) is 35.9 Å². The van der Waals surface area contributed by atoms with Gasteiger partial charge >= 0.3 is 0 Å². The summed E-state index contributed by atoms with van der Waals surface area (Å²) in [4.78, 5) is 17.7. The number of methoxy groups -OCH3 is 2. The first-order chi connectivity index (χ1) is 13.1. The standard InChI is InChI=1S/C19H14ClN3O3S/c1-25-14-7-6-11(8-15(14)26-2)9-16-18(24)23-19(27-16)21-17(22-23)12-4-3-5-13(20)10-12/h3-10H,1-2H3. The van der Waals surface area contributed by atoms with E-state index in [1.54, 1.807) is 38.5 Å². The zero-order valence-corrected chi connectivity index (χ0v) is 16.0. The first kappa shape index (κ1) is 17.5. The minimum Gasteiger partial charge on any atom is -0.493 e. The van der Waals surface area contributed by atoms with Gasteiger partial charge in [0.05, 0.1) is 18.8 Å². The van der Waals surface area contributed by atoms with Crippen molar-refractivity contribution in [1.29, 1.82) is 0 Å². The molecule has 2 aromatic heterocycles. The van der Waals surface area contributed by atoms with Crippen molar-refractivity contribution in [3.05, 3.63) is 67.9 Å². The zero-order chi connectivity index (χ0) is 19.0. The van der Waals surface area contributed by atoms with E-state index in [0.717, 1.165) is 11.1 Å². The Balaban J connectivity index is 1.78. The van der Waals surface area contributed by atoms with Crippen LogP contribution in [0.15, 0.2) is 47.3 Å². The van der Waals surface area contributed by atoms with Crippen molar-refractivity contribution in [2.75, 3.05) is 14.2 Å². The van der Waals surface area contributed by atoms with Crippen LogP contribution in [0.1, 0.15) is 5.56 Å². The monoisotopic (exact) mass is 399 g/mol. The average molecular weight is 400 g/mol. The van der Waals surface area contributed by atoms with Crippen LogP contribution in [0.4, 0.5) is 0 Å². The van der Waals surface area contributed by atoms with E-state index in [1.165, 1.54) is 15.9 Å². The Labute approximate surface area is 163 Å². The van der Waals surface area contributed by atoms with Gasteiger partial charge in [-0.2, -0.15) is 9.50 Å². The van der Waals surface area contributed by atoms with Gasteiger partial charge in [0.15, 0.2) is 17.3 Å². The highest BCUT2D eigenvalue weighted by molar-refractivity contribution is 7.15. The summed E-state index contributed by atoms with van der Waals surface area (Å²) in [7, 11) is 3.15. The summed E-state index contributed by atoms with van der Waals surface area (Å²) in [5, 5.41) is 4.92. The third-order valence-corrected chi connectivity index (χ3v) is 5.16. The van der Waals surface area contributed by atoms with Crippen LogP contribution in [0.3, 0.4) is 0 Å². The molecular weight excluding hydrogens is 386 g/mol. The fourth-order valence-corrected chi connectivity index (χ4v) is 3.78. The van der Waals surface area contributed by atoms with E-state index in [4.69, 9.17) is 21.1 Å². The SMILES string of the molecule is COc1ccc(C=c2sc3nc(-c4cccc(Cl)c4)nn3c2=O)cc1OC. The second-order valence-electron chi connectivity index (χ2n) is 5.67. The lowest BCUT2D eigenvalue weighted by atomic mass is 10.2. The Morgan fingerprint density at radius 1 is 1.11 bits per heavy atom. The second-order valence-corrected chi connectivity index (χ2v) is 7.12. The van der Waals surface area contributed by atoms with Gasteiger partial charge in [0.1, 0.15) is 0 Å². The molecule has 0 N–H and O–H groups in total. The molecular formula is C19H14ClN3O3S. The Bertz CT molecular complexity index is 1250. The maximum Gasteiger partial charge on any atom is 0.291 e. The molecule has 2 heterocycles. The molecule has 0 atom stereocenters. The van der Waals surface area contributed by atoms with E-state index in [2.05, 4.69) is 10.1 Å². The van der Waals surface area contributed by atoms with E-state index in [0.29, 0.717) is 31.8 Å². The average Bonchev–Trinajstić information content (AvgIpc) is 3.21. The first-order valence-electron chi connectivity index (χ1n) is 7.98. The predicted octanol–water partition coefficient (Wildman–Crippen LogP) is 3.04. The van der Waals surface area contributed by atoms with Crippen LogP contribution in [0, 0.1) is 0 Å². The van der Waals surface area contributed by atoms with Gasteiger partial charge in [0.2, 0.25) is 4.96 Å². The van der Waals surface area contributed by atoms with Crippen LogP contribution in [0.5, 0.6) is 11.5 Å². The van der Waals surface area contributed by atoms with Crippen molar-refractivity contribution in [3.63, 3.8) is 0 Å². The van der Waals surface area contributed by atoms with Crippen molar-refractivity contribution in [2.45, 2.75) is 0 Å². The molecule has 0 aliphatic heterocycles. The van der Waals surface area contributed by atoms with E-state index >= 15 is 0 Å². The van der Waals surface area contributed by atoms with Crippen molar-refractivity contribution in [2.24, 2.45) is 0 Å². The smallest absolute Gasteiger partial charge is 0.291 e. The van der Waals surface area contributed by atoms with Gasteiger partial charge in [-0.3, -0.25) is 4.79 Å². The number of hydrogen-bond donors (Lipinski definition) is 0. The molecule has 4 aromatic rings. The molecule has 0 saturated heterocycles. The molecule has 0 bridgehead atoms. The van der Waals surface area contributed by atoms with Gasteiger partial charge in [-0.15, -0.1) is 5.10 Å². The van der Waals surface area contributed by atoms with E-state index in [1.807, 2.05) is 24.3 Å². The quantitative estimate of drug-likeness (QED) is 0.527. The third-order valence-electron chi connectivity index (χ3n) is 3.97. The van der Waals surface area contributed by atoms with Crippen LogP contribution >= 0.6 is 22.9 Å². The molecule has 27 heavy (non-hydrogen) atoms. The Kier molecular flexibility index (Phi) is 4.55. The molecule has 8 heteroatoms. The first-order valence-corrected chi connectivity index (χ1v) is 9.18. The molecule has 0 aliphatic carbocycles. The number of nitrogens with zero attached hydrogens (tertiary/aromatic N) is 3. The maximum absolute atomic E-state index is 12.7. The summed E-state index contributed by atoms with van der Waals surface area (Å²) >= 11 is 7.29. The van der Waals surface area contributed by atoms with Crippen molar-refractivity contribution >= 4 is 34.0 Å². The summed E-state index contributed by atoms with van der Waals surface area (Å²) in [5.41, 5.74) is 1.37. The van der Waals surface area contributed by atoms with Crippen LogP contribution in [0.25, 0.3) is 22.4 Å². The van der Waals surface area contributed by atoms with Crippen LogP contribution < -0.4 is 19.6 Å². The number of ether oxygens (including phenoxy) is 2. The zero-order valence-electron chi connectivity index (χ0n) is 14.5. The topological polar surface area (TPSA) is 65.7 Å². The number of thiazole rings is 1. The lowest BCUT2D eigenvalue weighted by molar-refractivity contribution is 0.355. The lowest BCUT2D eigenvalue weighted by Crippen LogP contribution is -2.23. The maximum atomic E-state index is 12.7. The molecule has 0 fully saturated rings. The van der Waals surface area contributed by atoms with Crippen LogP contribution in [0.2, 0.25) is 5.02 Å². The molecule has 2 aromatic carbocycles. The number of benzene rings is 2. The number of halogens is 1. The molecule has 0 saturated carbocycles. The molecule has 136 valence electrons. The van der Waals surface area contributed by atoms with Crippen molar-refractivity contribution in [1.82, 2.24) is 14.6 Å². The van der Waals surface area contributed by atoms with Gasteiger partial charge < -0.3 is 9.47 Å². The van der Waals surface area contributed by atoms with E-state index < -0.39 is 0 Å². The summed E-state index contributed by atoms with van der Waals surface area (Å²) < 4.78 is 12.4. The third kappa shape index (κ3) is 3.27. The number of fused-ring (bicyclic) bond motifs is 1. The lowest BCUT2D eigenvalue weighted by Gasteiger charge is -2.07.